The number of benzene rings is 1. The molecule has 1 N–H and O–H groups in total. The predicted molar refractivity (Wildman–Crippen MR) is 99.4 cm³/mol. The molecule has 10 heteroatoms. The van der Waals surface area contributed by atoms with Gasteiger partial charge < -0.3 is 5.32 Å². The minimum Gasteiger partial charge on any atom is -0.350 e. The van der Waals surface area contributed by atoms with Crippen LogP contribution in [0.2, 0.25) is 0 Å². The molecule has 0 atom stereocenters. The number of amides is 1. The molecule has 0 radical (unpaired) electrons. The second kappa shape index (κ2) is 7.64. The van der Waals surface area contributed by atoms with Crippen molar-refractivity contribution in [3.63, 3.8) is 0 Å². The molecular weight excluding hydrogens is 382 g/mol. The normalized spacial score (nSPS) is 16.3. The van der Waals surface area contributed by atoms with Crippen LogP contribution in [0, 0.1) is 5.92 Å². The Hall–Kier alpha value is -2.85. The van der Waals surface area contributed by atoms with Crippen LogP contribution in [0.4, 0.5) is 0 Å². The molecule has 9 nitrogen and oxygen atoms in total. The lowest BCUT2D eigenvalue weighted by Gasteiger charge is -2.30. The third-order valence-electron chi connectivity index (χ3n) is 4.86. The van der Waals surface area contributed by atoms with E-state index >= 15 is 0 Å². The number of aromatic nitrogens is 3. The second-order valence-corrected chi connectivity index (χ2v) is 8.51. The molecule has 3 heterocycles. The Bertz CT molecular complexity index is 1080. The van der Waals surface area contributed by atoms with E-state index < -0.39 is 10.0 Å². The van der Waals surface area contributed by atoms with E-state index in [4.69, 9.17) is 0 Å². The number of piperidine rings is 1. The van der Waals surface area contributed by atoms with Gasteiger partial charge in [-0.25, -0.2) is 13.0 Å². The van der Waals surface area contributed by atoms with Crippen LogP contribution in [0.25, 0.3) is 11.0 Å². The van der Waals surface area contributed by atoms with Gasteiger partial charge in [-0.1, -0.05) is 12.1 Å². The second-order valence-electron chi connectivity index (χ2n) is 6.61. The maximum Gasteiger partial charge on any atom is 0.245 e. The summed E-state index contributed by atoms with van der Waals surface area (Å²) in [6.07, 6.45) is 2.59. The van der Waals surface area contributed by atoms with E-state index in [1.54, 1.807) is 18.3 Å². The zero-order valence-electron chi connectivity index (χ0n) is 15.0. The molecule has 1 amide bonds. The summed E-state index contributed by atoms with van der Waals surface area (Å²) in [4.78, 5) is 16.6. The van der Waals surface area contributed by atoms with Crippen molar-refractivity contribution in [1.29, 1.82) is 0 Å². The van der Waals surface area contributed by atoms with Crippen LogP contribution < -0.4 is 5.32 Å². The lowest BCUT2D eigenvalue weighted by molar-refractivity contribution is -0.126. The van der Waals surface area contributed by atoms with Crippen molar-refractivity contribution in [2.75, 3.05) is 13.1 Å². The van der Waals surface area contributed by atoms with Gasteiger partial charge in [0.05, 0.1) is 12.2 Å². The first-order valence-electron chi connectivity index (χ1n) is 8.95. The van der Waals surface area contributed by atoms with Gasteiger partial charge >= 0.3 is 0 Å². The Labute approximate surface area is 161 Å². The molecule has 0 spiro atoms. The van der Waals surface area contributed by atoms with Crippen molar-refractivity contribution in [1.82, 2.24) is 24.9 Å². The Kier molecular flexibility index (Phi) is 5.05. The molecule has 0 aliphatic carbocycles. The average Bonchev–Trinajstić information content (AvgIpc) is 3.21. The molecule has 0 bridgehead atoms. The van der Waals surface area contributed by atoms with Crippen molar-refractivity contribution in [2.24, 2.45) is 5.92 Å². The smallest absolute Gasteiger partial charge is 0.245 e. The van der Waals surface area contributed by atoms with Crippen LogP contribution >= 0.6 is 0 Å². The summed E-state index contributed by atoms with van der Waals surface area (Å²) in [7, 11) is -3.73. The molecule has 1 aliphatic rings. The Morgan fingerprint density at radius 2 is 1.96 bits per heavy atom. The van der Waals surface area contributed by atoms with Gasteiger partial charge in [0.25, 0.3) is 0 Å². The molecule has 0 unspecified atom stereocenters. The highest BCUT2D eigenvalue weighted by Gasteiger charge is 2.33. The Balaban J connectivity index is 1.39. The van der Waals surface area contributed by atoms with E-state index in [-0.39, 0.29) is 35.3 Å². The van der Waals surface area contributed by atoms with E-state index in [1.165, 1.54) is 10.4 Å². The number of hydrogen-bond acceptors (Lipinski definition) is 7. The number of nitrogens with zero attached hydrogens (tertiary/aromatic N) is 4. The molecule has 1 aromatic carbocycles. The van der Waals surface area contributed by atoms with Gasteiger partial charge in [-0.15, -0.1) is 0 Å². The summed E-state index contributed by atoms with van der Waals surface area (Å²) in [6.45, 7) is 0.899. The average molecular weight is 401 g/mol. The first-order chi connectivity index (χ1) is 13.6. The maximum absolute atomic E-state index is 13.0. The lowest BCUT2D eigenvalue weighted by atomic mass is 9.97. The van der Waals surface area contributed by atoms with Crippen LogP contribution in [-0.4, -0.2) is 47.0 Å². The number of nitrogens with one attached hydrogen (secondary N) is 1. The minimum atomic E-state index is -3.73. The third kappa shape index (κ3) is 3.60. The molecule has 28 heavy (non-hydrogen) atoms. The molecule has 0 saturated carbocycles. The van der Waals surface area contributed by atoms with Gasteiger partial charge in [-0.2, -0.15) is 4.31 Å². The number of rotatable bonds is 5. The number of sulfonamides is 1. The molecule has 146 valence electrons. The SMILES string of the molecule is O=C(NCc1ccccn1)C1CCN(S(=O)(=O)c2cccc3nonc23)CC1. The van der Waals surface area contributed by atoms with E-state index in [1.807, 2.05) is 18.2 Å². The van der Waals surface area contributed by atoms with Crippen molar-refractivity contribution < 1.29 is 17.8 Å². The predicted octanol–water partition coefficient (Wildman–Crippen LogP) is 1.33. The van der Waals surface area contributed by atoms with Crippen molar-refractivity contribution in [3.05, 3.63) is 48.3 Å². The number of carbonyl (C=O) groups is 1. The largest absolute Gasteiger partial charge is 0.350 e. The summed E-state index contributed by atoms with van der Waals surface area (Å²) >= 11 is 0. The summed E-state index contributed by atoms with van der Waals surface area (Å²) in [5.74, 6) is -0.301. The first kappa shape index (κ1) is 18.5. The van der Waals surface area contributed by atoms with Gasteiger partial charge in [-0.05, 0) is 47.4 Å². The fraction of sp³-hybridized carbons (Fsp3) is 0.333. The molecule has 1 saturated heterocycles. The van der Waals surface area contributed by atoms with Crippen molar-refractivity contribution in [3.8, 4) is 0 Å². The molecular formula is C18H19N5O4S. The van der Waals surface area contributed by atoms with Crippen LogP contribution in [0.5, 0.6) is 0 Å². The van der Waals surface area contributed by atoms with Gasteiger partial charge in [-0.3, -0.25) is 9.78 Å². The zero-order chi connectivity index (χ0) is 19.6. The quantitative estimate of drug-likeness (QED) is 0.685. The van der Waals surface area contributed by atoms with Crippen LogP contribution in [0.3, 0.4) is 0 Å². The fourth-order valence-corrected chi connectivity index (χ4v) is 4.92. The molecule has 3 aromatic rings. The molecule has 4 rings (SSSR count). The third-order valence-corrected chi connectivity index (χ3v) is 6.79. The lowest BCUT2D eigenvalue weighted by Crippen LogP contribution is -2.42. The number of hydrogen-bond donors (Lipinski definition) is 1. The van der Waals surface area contributed by atoms with Gasteiger partial charge in [0.1, 0.15) is 10.4 Å². The number of pyridine rings is 1. The van der Waals surface area contributed by atoms with Crippen molar-refractivity contribution >= 4 is 27.0 Å². The standard InChI is InChI=1S/C18H19N5O4S/c24-18(20-12-14-4-1-2-9-19-14)13-7-10-23(11-8-13)28(25,26)16-6-3-5-15-17(16)22-27-21-15/h1-6,9,13H,7-8,10-12H2,(H,20,24). The molecule has 2 aromatic heterocycles. The van der Waals surface area contributed by atoms with Gasteiger partial charge in [0, 0.05) is 25.2 Å². The summed E-state index contributed by atoms with van der Waals surface area (Å²) in [6, 6.07) is 10.3. The van der Waals surface area contributed by atoms with E-state index in [0.717, 1.165) is 5.69 Å². The maximum atomic E-state index is 13.0. The number of carbonyl (C=O) groups excluding carboxylic acids is 1. The van der Waals surface area contributed by atoms with Crippen LogP contribution in [0.1, 0.15) is 18.5 Å². The zero-order valence-corrected chi connectivity index (χ0v) is 15.8. The van der Waals surface area contributed by atoms with Crippen LogP contribution in [0.15, 0.2) is 52.1 Å². The highest BCUT2D eigenvalue weighted by atomic mass is 32.2. The minimum absolute atomic E-state index is 0.0734. The van der Waals surface area contributed by atoms with E-state index in [2.05, 4.69) is 25.2 Å². The highest BCUT2D eigenvalue weighted by molar-refractivity contribution is 7.89. The highest BCUT2D eigenvalue weighted by Crippen LogP contribution is 2.27. The Morgan fingerprint density at radius 1 is 1.14 bits per heavy atom. The molecule has 1 fully saturated rings. The van der Waals surface area contributed by atoms with Crippen LogP contribution in [-0.2, 0) is 21.4 Å². The topological polar surface area (TPSA) is 118 Å². The van der Waals surface area contributed by atoms with Gasteiger partial charge in [0.2, 0.25) is 15.9 Å². The van der Waals surface area contributed by atoms with Gasteiger partial charge in [0.15, 0.2) is 5.52 Å². The number of fused-ring (bicyclic) bond motifs is 1. The Morgan fingerprint density at radius 3 is 2.71 bits per heavy atom. The van der Waals surface area contributed by atoms with Crippen molar-refractivity contribution in [2.45, 2.75) is 24.3 Å². The monoisotopic (exact) mass is 401 g/mol. The summed E-state index contributed by atoms with van der Waals surface area (Å²) in [5, 5.41) is 10.3. The fourth-order valence-electron chi connectivity index (χ4n) is 3.31. The summed E-state index contributed by atoms with van der Waals surface area (Å²) in [5.41, 5.74) is 1.40. The first-order valence-corrected chi connectivity index (χ1v) is 10.4. The van der Waals surface area contributed by atoms with E-state index in [9.17, 15) is 13.2 Å². The molecule has 1 aliphatic heterocycles. The van der Waals surface area contributed by atoms with E-state index in [0.29, 0.717) is 24.9 Å². The summed E-state index contributed by atoms with van der Waals surface area (Å²) < 4.78 is 32.0.